The zero-order chi connectivity index (χ0) is 20.4. The Morgan fingerprint density at radius 1 is 1.07 bits per heavy atom. The standard InChI is InChI=1S/C21H34N6O2/c1-3-5-13-27-19-18(20(28)23-21(27)29)26(4-2)17(22-19)15-25-12-8-9-16(25)14-24-10-6-7-11-24/h16H,3-15H2,1-2H3,(H,23,28,29). The molecule has 29 heavy (non-hydrogen) atoms. The molecule has 2 aliphatic heterocycles. The lowest BCUT2D eigenvalue weighted by molar-refractivity contribution is 0.181. The molecule has 4 rings (SSSR count). The number of aromatic nitrogens is 4. The molecule has 8 heteroatoms. The van der Waals surface area contributed by atoms with E-state index in [4.69, 9.17) is 4.98 Å². The van der Waals surface area contributed by atoms with Crippen LogP contribution >= 0.6 is 0 Å². The van der Waals surface area contributed by atoms with E-state index < -0.39 is 0 Å². The van der Waals surface area contributed by atoms with Crippen molar-refractivity contribution in [2.75, 3.05) is 26.2 Å². The van der Waals surface area contributed by atoms with Gasteiger partial charge in [-0.15, -0.1) is 0 Å². The van der Waals surface area contributed by atoms with Crippen molar-refractivity contribution in [3.05, 3.63) is 26.7 Å². The monoisotopic (exact) mass is 402 g/mol. The van der Waals surface area contributed by atoms with Gasteiger partial charge in [0.25, 0.3) is 5.56 Å². The second-order valence-corrected chi connectivity index (χ2v) is 8.48. The van der Waals surface area contributed by atoms with E-state index in [9.17, 15) is 9.59 Å². The highest BCUT2D eigenvalue weighted by molar-refractivity contribution is 5.71. The lowest BCUT2D eigenvalue weighted by atomic mass is 10.2. The molecule has 0 amide bonds. The lowest BCUT2D eigenvalue weighted by Gasteiger charge is -2.28. The minimum atomic E-state index is -0.351. The largest absolute Gasteiger partial charge is 0.330 e. The van der Waals surface area contributed by atoms with Crippen LogP contribution in [0, 0.1) is 0 Å². The fourth-order valence-corrected chi connectivity index (χ4v) is 4.96. The van der Waals surface area contributed by atoms with Crippen LogP contribution in [-0.2, 0) is 19.6 Å². The van der Waals surface area contributed by atoms with Crippen LogP contribution in [-0.4, -0.2) is 61.1 Å². The van der Waals surface area contributed by atoms with Crippen LogP contribution in [0.3, 0.4) is 0 Å². The molecule has 2 aliphatic rings. The highest BCUT2D eigenvalue weighted by atomic mass is 16.2. The van der Waals surface area contributed by atoms with Crippen LogP contribution < -0.4 is 11.2 Å². The van der Waals surface area contributed by atoms with Crippen LogP contribution in [0.25, 0.3) is 11.2 Å². The van der Waals surface area contributed by atoms with Gasteiger partial charge in [-0.1, -0.05) is 13.3 Å². The number of nitrogens with one attached hydrogen (secondary N) is 1. The zero-order valence-corrected chi connectivity index (χ0v) is 17.8. The third-order valence-electron chi connectivity index (χ3n) is 6.53. The average Bonchev–Trinajstić information content (AvgIpc) is 3.43. The van der Waals surface area contributed by atoms with Gasteiger partial charge < -0.3 is 9.47 Å². The third-order valence-corrected chi connectivity index (χ3v) is 6.53. The number of hydrogen-bond donors (Lipinski definition) is 1. The van der Waals surface area contributed by atoms with Crippen LogP contribution in [0.1, 0.15) is 58.2 Å². The summed E-state index contributed by atoms with van der Waals surface area (Å²) in [5.74, 6) is 0.900. The molecule has 2 aromatic heterocycles. The SMILES string of the molecule is CCCCn1c(=O)[nH]c(=O)c2c1nc(CN1CCCC1CN1CCCC1)n2CC. The van der Waals surface area contributed by atoms with Crippen LogP contribution in [0.4, 0.5) is 0 Å². The summed E-state index contributed by atoms with van der Waals surface area (Å²) in [4.78, 5) is 37.4. The number of imidazole rings is 1. The van der Waals surface area contributed by atoms with Crippen molar-refractivity contribution in [1.29, 1.82) is 0 Å². The number of aryl methyl sites for hydroxylation is 2. The molecule has 0 radical (unpaired) electrons. The number of aromatic amines is 1. The van der Waals surface area contributed by atoms with Gasteiger partial charge in [-0.05, 0) is 58.7 Å². The Balaban J connectivity index is 1.65. The minimum absolute atomic E-state index is 0.326. The van der Waals surface area contributed by atoms with Crippen molar-refractivity contribution in [2.24, 2.45) is 0 Å². The summed E-state index contributed by atoms with van der Waals surface area (Å²) >= 11 is 0. The smallest absolute Gasteiger partial charge is 0.321 e. The quantitative estimate of drug-likeness (QED) is 0.728. The molecule has 2 fully saturated rings. The van der Waals surface area contributed by atoms with Gasteiger partial charge in [0.15, 0.2) is 11.2 Å². The number of nitrogens with zero attached hydrogens (tertiary/aromatic N) is 5. The van der Waals surface area contributed by atoms with E-state index in [1.54, 1.807) is 4.57 Å². The third kappa shape index (κ3) is 4.05. The molecule has 1 atom stereocenters. The Morgan fingerprint density at radius 2 is 1.86 bits per heavy atom. The van der Waals surface area contributed by atoms with Gasteiger partial charge in [-0.3, -0.25) is 19.2 Å². The van der Waals surface area contributed by atoms with E-state index >= 15 is 0 Å². The average molecular weight is 403 g/mol. The lowest BCUT2D eigenvalue weighted by Crippen LogP contribution is -2.39. The molecule has 0 aliphatic carbocycles. The van der Waals surface area contributed by atoms with E-state index in [-0.39, 0.29) is 11.2 Å². The second-order valence-electron chi connectivity index (χ2n) is 8.48. The van der Waals surface area contributed by atoms with Crippen molar-refractivity contribution >= 4 is 11.2 Å². The first-order valence-corrected chi connectivity index (χ1v) is 11.3. The molecule has 0 saturated carbocycles. The van der Waals surface area contributed by atoms with Gasteiger partial charge >= 0.3 is 5.69 Å². The molecule has 2 aromatic rings. The maximum Gasteiger partial charge on any atom is 0.330 e. The highest BCUT2D eigenvalue weighted by Crippen LogP contribution is 2.23. The Morgan fingerprint density at radius 3 is 2.59 bits per heavy atom. The van der Waals surface area contributed by atoms with E-state index in [0.717, 1.165) is 38.3 Å². The molecule has 160 valence electrons. The second kappa shape index (κ2) is 8.83. The predicted molar refractivity (Wildman–Crippen MR) is 114 cm³/mol. The Kier molecular flexibility index (Phi) is 6.20. The predicted octanol–water partition coefficient (Wildman–Crippen LogP) is 1.77. The van der Waals surface area contributed by atoms with Crippen molar-refractivity contribution in [3.63, 3.8) is 0 Å². The van der Waals surface area contributed by atoms with Crippen LogP contribution in [0.5, 0.6) is 0 Å². The minimum Gasteiger partial charge on any atom is -0.321 e. The number of fused-ring (bicyclic) bond motifs is 1. The molecule has 4 heterocycles. The summed E-state index contributed by atoms with van der Waals surface area (Å²) in [5, 5.41) is 0. The Hall–Kier alpha value is -1.93. The van der Waals surface area contributed by atoms with Gasteiger partial charge in [-0.25, -0.2) is 9.78 Å². The molecule has 0 aromatic carbocycles. The fraction of sp³-hybridized carbons (Fsp3) is 0.762. The van der Waals surface area contributed by atoms with Crippen molar-refractivity contribution in [3.8, 4) is 0 Å². The molecule has 8 nitrogen and oxygen atoms in total. The van der Waals surface area contributed by atoms with E-state index in [2.05, 4.69) is 21.7 Å². The Labute approximate surface area is 171 Å². The van der Waals surface area contributed by atoms with Gasteiger partial charge in [0, 0.05) is 25.7 Å². The molecule has 0 spiro atoms. The maximum atomic E-state index is 12.6. The number of likely N-dealkylation sites (tertiary alicyclic amines) is 2. The molecule has 0 bridgehead atoms. The summed E-state index contributed by atoms with van der Waals surface area (Å²) < 4.78 is 3.64. The van der Waals surface area contributed by atoms with Crippen LogP contribution in [0.2, 0.25) is 0 Å². The molecular weight excluding hydrogens is 368 g/mol. The first-order chi connectivity index (χ1) is 14.1. The summed E-state index contributed by atoms with van der Waals surface area (Å²) in [6.45, 7) is 10.8. The van der Waals surface area contributed by atoms with Crippen molar-refractivity contribution in [1.82, 2.24) is 28.9 Å². The summed E-state index contributed by atoms with van der Waals surface area (Å²) in [6.07, 6.45) is 6.95. The van der Waals surface area contributed by atoms with Gasteiger partial charge in [0.05, 0.1) is 6.54 Å². The van der Waals surface area contributed by atoms with E-state index in [0.29, 0.717) is 30.3 Å². The van der Waals surface area contributed by atoms with Gasteiger partial charge in [0.2, 0.25) is 0 Å². The first kappa shape index (κ1) is 20.3. The molecular formula is C21H34N6O2. The highest BCUT2D eigenvalue weighted by Gasteiger charge is 2.29. The van der Waals surface area contributed by atoms with Crippen molar-refractivity contribution in [2.45, 2.75) is 78.0 Å². The summed E-state index contributed by atoms with van der Waals surface area (Å²) in [5.41, 5.74) is 0.401. The maximum absolute atomic E-state index is 12.6. The number of H-pyrrole nitrogens is 1. The summed E-state index contributed by atoms with van der Waals surface area (Å²) in [6, 6.07) is 0.554. The van der Waals surface area contributed by atoms with Gasteiger partial charge in [-0.2, -0.15) is 0 Å². The number of unbranched alkanes of at least 4 members (excludes halogenated alkanes) is 1. The molecule has 1 unspecified atom stereocenters. The topological polar surface area (TPSA) is 79.2 Å². The summed E-state index contributed by atoms with van der Waals surface area (Å²) in [7, 11) is 0. The zero-order valence-electron chi connectivity index (χ0n) is 17.8. The fourth-order valence-electron chi connectivity index (χ4n) is 4.96. The number of rotatable bonds is 8. The first-order valence-electron chi connectivity index (χ1n) is 11.3. The normalized spacial score (nSPS) is 21.0. The molecule has 2 saturated heterocycles. The van der Waals surface area contributed by atoms with Gasteiger partial charge in [0.1, 0.15) is 5.82 Å². The van der Waals surface area contributed by atoms with E-state index in [1.165, 1.54) is 38.8 Å². The molecule has 1 N–H and O–H groups in total. The Bertz CT molecular complexity index is 952. The number of hydrogen-bond acceptors (Lipinski definition) is 5. The van der Waals surface area contributed by atoms with Crippen LogP contribution in [0.15, 0.2) is 9.59 Å². The van der Waals surface area contributed by atoms with E-state index in [1.807, 2.05) is 11.5 Å². The van der Waals surface area contributed by atoms with Crippen molar-refractivity contribution < 1.29 is 0 Å².